The standard InChI is InChI=1S/C13H19N3/c1-5-7-13(14-8-6-2)12-9-10(3)15-16-11(12)4/h1,9,13-14H,6-8H2,2-4H3. The van der Waals surface area contributed by atoms with Gasteiger partial charge in [-0.15, -0.1) is 12.3 Å². The molecule has 3 heteroatoms. The molecule has 1 atom stereocenters. The molecule has 86 valence electrons. The molecule has 0 aliphatic heterocycles. The minimum absolute atomic E-state index is 0.194. The second-order valence-corrected chi connectivity index (χ2v) is 3.94. The number of terminal acetylenes is 1. The maximum absolute atomic E-state index is 5.40. The molecule has 0 radical (unpaired) electrons. The van der Waals surface area contributed by atoms with Crippen molar-refractivity contribution in [2.75, 3.05) is 6.54 Å². The highest BCUT2D eigenvalue weighted by atomic mass is 15.1. The first-order chi connectivity index (χ1) is 7.69. The van der Waals surface area contributed by atoms with Gasteiger partial charge in [0.05, 0.1) is 11.4 Å². The van der Waals surface area contributed by atoms with Crippen molar-refractivity contribution in [2.24, 2.45) is 0 Å². The molecule has 0 saturated carbocycles. The number of nitrogens with one attached hydrogen (secondary N) is 1. The number of hydrogen-bond donors (Lipinski definition) is 1. The summed E-state index contributed by atoms with van der Waals surface area (Å²) in [5.41, 5.74) is 3.05. The summed E-state index contributed by atoms with van der Waals surface area (Å²) in [6, 6.07) is 2.26. The van der Waals surface area contributed by atoms with Crippen molar-refractivity contribution in [1.82, 2.24) is 15.5 Å². The quantitative estimate of drug-likeness (QED) is 0.768. The second-order valence-electron chi connectivity index (χ2n) is 3.94. The van der Waals surface area contributed by atoms with Crippen molar-refractivity contribution >= 4 is 0 Å². The summed E-state index contributed by atoms with van der Waals surface area (Å²) in [5, 5.41) is 11.6. The van der Waals surface area contributed by atoms with E-state index in [1.807, 2.05) is 13.8 Å². The van der Waals surface area contributed by atoms with E-state index in [-0.39, 0.29) is 6.04 Å². The summed E-state index contributed by atoms with van der Waals surface area (Å²) in [7, 11) is 0. The van der Waals surface area contributed by atoms with Crippen molar-refractivity contribution < 1.29 is 0 Å². The van der Waals surface area contributed by atoms with E-state index in [0.29, 0.717) is 6.42 Å². The van der Waals surface area contributed by atoms with Gasteiger partial charge in [-0.05, 0) is 38.4 Å². The number of aryl methyl sites for hydroxylation is 2. The highest BCUT2D eigenvalue weighted by molar-refractivity contribution is 5.24. The fourth-order valence-electron chi connectivity index (χ4n) is 1.65. The van der Waals surface area contributed by atoms with Crippen LogP contribution in [-0.2, 0) is 0 Å². The molecule has 1 N–H and O–H groups in total. The van der Waals surface area contributed by atoms with E-state index in [1.165, 1.54) is 5.56 Å². The highest BCUT2D eigenvalue weighted by Gasteiger charge is 2.13. The predicted molar refractivity (Wildman–Crippen MR) is 66.0 cm³/mol. The lowest BCUT2D eigenvalue weighted by Gasteiger charge is -2.18. The Labute approximate surface area is 97.7 Å². The first kappa shape index (κ1) is 12.7. The van der Waals surface area contributed by atoms with E-state index in [9.17, 15) is 0 Å². The molecule has 1 aromatic rings. The van der Waals surface area contributed by atoms with Gasteiger partial charge in [-0.2, -0.15) is 10.2 Å². The normalized spacial score (nSPS) is 12.1. The molecule has 0 aliphatic rings. The Morgan fingerprint density at radius 2 is 2.19 bits per heavy atom. The van der Waals surface area contributed by atoms with Gasteiger partial charge in [0, 0.05) is 12.5 Å². The Bertz CT molecular complexity index is 379. The van der Waals surface area contributed by atoms with Gasteiger partial charge < -0.3 is 5.32 Å². The second kappa shape index (κ2) is 6.24. The zero-order chi connectivity index (χ0) is 12.0. The maximum Gasteiger partial charge on any atom is 0.0648 e. The van der Waals surface area contributed by atoms with Crippen molar-refractivity contribution in [1.29, 1.82) is 0 Å². The van der Waals surface area contributed by atoms with Crippen molar-refractivity contribution in [2.45, 2.75) is 39.7 Å². The lowest BCUT2D eigenvalue weighted by molar-refractivity contribution is 0.536. The minimum Gasteiger partial charge on any atom is -0.309 e. The first-order valence-electron chi connectivity index (χ1n) is 5.66. The molecule has 0 amide bonds. The number of nitrogens with zero attached hydrogens (tertiary/aromatic N) is 2. The van der Waals surface area contributed by atoms with Crippen molar-refractivity contribution in [3.05, 3.63) is 23.0 Å². The van der Waals surface area contributed by atoms with Crippen LogP contribution in [0.2, 0.25) is 0 Å². The largest absolute Gasteiger partial charge is 0.309 e. The lowest BCUT2D eigenvalue weighted by Crippen LogP contribution is -2.23. The summed E-state index contributed by atoms with van der Waals surface area (Å²) in [4.78, 5) is 0. The zero-order valence-electron chi connectivity index (χ0n) is 10.2. The third-order valence-electron chi connectivity index (χ3n) is 2.48. The first-order valence-corrected chi connectivity index (χ1v) is 5.66. The smallest absolute Gasteiger partial charge is 0.0648 e. The monoisotopic (exact) mass is 217 g/mol. The van der Waals surface area contributed by atoms with Gasteiger partial charge in [0.25, 0.3) is 0 Å². The molecule has 0 saturated heterocycles. The van der Waals surface area contributed by atoms with Gasteiger partial charge in [0.1, 0.15) is 0 Å². The van der Waals surface area contributed by atoms with Crippen LogP contribution >= 0.6 is 0 Å². The fraction of sp³-hybridized carbons (Fsp3) is 0.538. The Hall–Kier alpha value is -1.40. The van der Waals surface area contributed by atoms with E-state index in [4.69, 9.17) is 6.42 Å². The van der Waals surface area contributed by atoms with Crippen LogP contribution < -0.4 is 5.32 Å². The number of hydrogen-bond acceptors (Lipinski definition) is 3. The topological polar surface area (TPSA) is 37.8 Å². The van der Waals surface area contributed by atoms with Crippen LogP contribution in [0.25, 0.3) is 0 Å². The van der Waals surface area contributed by atoms with Crippen molar-refractivity contribution in [3.8, 4) is 12.3 Å². The summed E-state index contributed by atoms with van der Waals surface area (Å²) < 4.78 is 0. The van der Waals surface area contributed by atoms with Crippen LogP contribution in [0.3, 0.4) is 0 Å². The van der Waals surface area contributed by atoms with Gasteiger partial charge in [-0.3, -0.25) is 0 Å². The molecule has 0 aromatic carbocycles. The average Bonchev–Trinajstić information content (AvgIpc) is 2.28. The van der Waals surface area contributed by atoms with Crippen LogP contribution in [-0.4, -0.2) is 16.7 Å². The van der Waals surface area contributed by atoms with E-state index in [1.54, 1.807) is 0 Å². The van der Waals surface area contributed by atoms with Gasteiger partial charge in [-0.1, -0.05) is 6.92 Å². The average molecular weight is 217 g/mol. The maximum atomic E-state index is 5.40. The van der Waals surface area contributed by atoms with Crippen LogP contribution in [0.15, 0.2) is 6.07 Å². The summed E-state index contributed by atoms with van der Waals surface area (Å²) in [6.45, 7) is 7.03. The highest BCUT2D eigenvalue weighted by Crippen LogP contribution is 2.19. The number of aromatic nitrogens is 2. The van der Waals surface area contributed by atoms with Gasteiger partial charge in [-0.25, -0.2) is 0 Å². The zero-order valence-corrected chi connectivity index (χ0v) is 10.2. The third kappa shape index (κ3) is 3.32. The molecule has 0 bridgehead atoms. The fourth-order valence-corrected chi connectivity index (χ4v) is 1.65. The van der Waals surface area contributed by atoms with Crippen molar-refractivity contribution in [3.63, 3.8) is 0 Å². The summed E-state index contributed by atoms with van der Waals surface area (Å²) in [5.74, 6) is 2.71. The summed E-state index contributed by atoms with van der Waals surface area (Å²) >= 11 is 0. The van der Waals surface area contributed by atoms with Crippen LogP contribution in [0, 0.1) is 26.2 Å². The van der Waals surface area contributed by atoms with Crippen LogP contribution in [0.5, 0.6) is 0 Å². The molecule has 1 unspecified atom stereocenters. The van der Waals surface area contributed by atoms with Gasteiger partial charge in [0.15, 0.2) is 0 Å². The predicted octanol–water partition coefficient (Wildman–Crippen LogP) is 2.16. The molecular formula is C13H19N3. The molecule has 0 aliphatic carbocycles. The van der Waals surface area contributed by atoms with Gasteiger partial charge in [0.2, 0.25) is 0 Å². The van der Waals surface area contributed by atoms with Crippen LogP contribution in [0.1, 0.15) is 42.8 Å². The third-order valence-corrected chi connectivity index (χ3v) is 2.48. The molecule has 0 spiro atoms. The molecule has 0 fully saturated rings. The van der Waals surface area contributed by atoms with E-state index in [0.717, 1.165) is 24.4 Å². The SMILES string of the molecule is C#CCC(NCCC)c1cc(C)nnc1C. The summed E-state index contributed by atoms with van der Waals surface area (Å²) in [6.07, 6.45) is 7.18. The van der Waals surface area contributed by atoms with Crippen LogP contribution in [0.4, 0.5) is 0 Å². The Kier molecular flexibility index (Phi) is 4.94. The molecular weight excluding hydrogens is 198 g/mol. The van der Waals surface area contributed by atoms with Gasteiger partial charge >= 0.3 is 0 Å². The molecule has 1 heterocycles. The molecule has 1 aromatic heterocycles. The molecule has 3 nitrogen and oxygen atoms in total. The van der Waals surface area contributed by atoms with E-state index < -0.39 is 0 Å². The van der Waals surface area contributed by atoms with E-state index >= 15 is 0 Å². The molecule has 16 heavy (non-hydrogen) atoms. The molecule has 1 rings (SSSR count). The Morgan fingerprint density at radius 1 is 1.44 bits per heavy atom. The van der Waals surface area contributed by atoms with E-state index in [2.05, 4.69) is 34.4 Å². The number of rotatable bonds is 5. The Morgan fingerprint density at radius 3 is 2.81 bits per heavy atom. The lowest BCUT2D eigenvalue weighted by atomic mass is 10.0. The minimum atomic E-state index is 0.194. The Balaban J connectivity index is 2.91.